The first kappa shape index (κ1) is 15.0. The number of aromatic nitrogens is 2. The lowest BCUT2D eigenvalue weighted by Crippen LogP contribution is -2.13. The molecule has 0 saturated carbocycles. The summed E-state index contributed by atoms with van der Waals surface area (Å²) in [6.07, 6.45) is 0. The Morgan fingerprint density at radius 3 is 1.82 bits per heavy atom. The number of anilines is 1. The topological polar surface area (TPSA) is 141 Å². The molecule has 3 aromatic rings. The van der Waals surface area contributed by atoms with Gasteiger partial charge >= 0.3 is 0 Å². The molecule has 2 amide bonds. The van der Waals surface area contributed by atoms with E-state index in [1.807, 2.05) is 24.3 Å². The molecular weight excluding hydrogens is 282 g/mol. The Bertz CT molecular complexity index is 742. The second kappa shape index (κ2) is 6.40. The monoisotopic (exact) mass is 297 g/mol. The van der Waals surface area contributed by atoms with Crippen molar-refractivity contribution in [2.24, 2.45) is 11.5 Å². The van der Waals surface area contributed by atoms with E-state index in [1.54, 1.807) is 0 Å². The smallest absolute Gasteiger partial charge is 0.248 e. The van der Waals surface area contributed by atoms with Gasteiger partial charge < -0.3 is 22.2 Å². The Labute approximate surface area is 126 Å². The molecule has 1 aromatic heterocycles. The Kier molecular flexibility index (Phi) is 4.38. The molecule has 3 rings (SSSR count). The molecule has 0 unspecified atom stereocenters. The SMILES string of the molecule is NC(=O)c1ccc(C(N)=O)cc1.Nc1nc2ccccc2[nH]1. The average molecular weight is 297 g/mol. The molecule has 7 heteroatoms. The van der Waals surface area contributed by atoms with Crippen LogP contribution in [0.5, 0.6) is 0 Å². The Balaban J connectivity index is 0.000000162. The van der Waals surface area contributed by atoms with Gasteiger partial charge in [-0.15, -0.1) is 0 Å². The molecule has 0 saturated heterocycles. The third-order valence-electron chi connectivity index (χ3n) is 2.86. The third-order valence-corrected chi connectivity index (χ3v) is 2.86. The molecule has 0 radical (unpaired) electrons. The van der Waals surface area contributed by atoms with Gasteiger partial charge in [-0.2, -0.15) is 0 Å². The minimum Gasteiger partial charge on any atom is -0.369 e. The number of benzene rings is 2. The summed E-state index contributed by atoms with van der Waals surface area (Å²) in [6, 6.07) is 13.6. The number of hydrogen-bond donors (Lipinski definition) is 4. The van der Waals surface area contributed by atoms with Crippen LogP contribution >= 0.6 is 0 Å². The van der Waals surface area contributed by atoms with Gasteiger partial charge in [0.15, 0.2) is 5.95 Å². The van der Waals surface area contributed by atoms with E-state index in [2.05, 4.69) is 9.97 Å². The second-order valence-corrected chi connectivity index (χ2v) is 4.45. The van der Waals surface area contributed by atoms with Crippen LogP contribution in [0.1, 0.15) is 20.7 Å². The third kappa shape index (κ3) is 3.60. The zero-order valence-electron chi connectivity index (χ0n) is 11.6. The largest absolute Gasteiger partial charge is 0.369 e. The van der Waals surface area contributed by atoms with Crippen molar-refractivity contribution in [1.29, 1.82) is 0 Å². The Morgan fingerprint density at radius 1 is 0.864 bits per heavy atom. The van der Waals surface area contributed by atoms with Crippen LogP contribution in [-0.2, 0) is 0 Å². The minimum absolute atomic E-state index is 0.361. The fraction of sp³-hybridized carbons (Fsp3) is 0. The molecule has 0 fully saturated rings. The zero-order valence-corrected chi connectivity index (χ0v) is 11.6. The first-order chi connectivity index (χ1) is 10.5. The maximum absolute atomic E-state index is 10.6. The van der Waals surface area contributed by atoms with Crippen LogP contribution in [0, 0.1) is 0 Å². The zero-order chi connectivity index (χ0) is 16.1. The van der Waals surface area contributed by atoms with Crippen LogP contribution in [-0.4, -0.2) is 21.8 Å². The quantitative estimate of drug-likeness (QED) is 0.560. The van der Waals surface area contributed by atoms with E-state index < -0.39 is 11.8 Å². The van der Waals surface area contributed by atoms with Gasteiger partial charge in [0.1, 0.15) is 0 Å². The van der Waals surface area contributed by atoms with Crippen LogP contribution in [0.4, 0.5) is 5.95 Å². The van der Waals surface area contributed by atoms with E-state index in [0.717, 1.165) is 11.0 Å². The summed E-state index contributed by atoms with van der Waals surface area (Å²) in [5.74, 6) is -0.571. The fourth-order valence-electron chi connectivity index (χ4n) is 1.77. The van der Waals surface area contributed by atoms with E-state index in [-0.39, 0.29) is 0 Å². The number of imidazole rings is 1. The van der Waals surface area contributed by atoms with E-state index in [4.69, 9.17) is 17.2 Å². The van der Waals surface area contributed by atoms with Crippen LogP contribution in [0.25, 0.3) is 11.0 Å². The summed E-state index contributed by atoms with van der Waals surface area (Å²) < 4.78 is 0. The average Bonchev–Trinajstić information content (AvgIpc) is 2.88. The number of para-hydroxylation sites is 2. The van der Waals surface area contributed by atoms with Crippen molar-refractivity contribution in [2.45, 2.75) is 0 Å². The van der Waals surface area contributed by atoms with Gasteiger partial charge in [-0.1, -0.05) is 12.1 Å². The number of nitrogens with two attached hydrogens (primary N) is 3. The molecular formula is C15H15N5O2. The molecule has 0 atom stereocenters. The van der Waals surface area contributed by atoms with Crippen LogP contribution < -0.4 is 17.2 Å². The molecule has 22 heavy (non-hydrogen) atoms. The number of nitrogen functional groups attached to an aromatic ring is 1. The Morgan fingerprint density at radius 2 is 1.36 bits per heavy atom. The summed E-state index contributed by atoms with van der Waals surface area (Å²) >= 11 is 0. The number of rotatable bonds is 2. The number of carbonyl (C=O) groups excluding carboxylic acids is 2. The molecule has 0 aliphatic carbocycles. The highest BCUT2D eigenvalue weighted by atomic mass is 16.1. The Hall–Kier alpha value is -3.35. The molecule has 7 nitrogen and oxygen atoms in total. The molecule has 7 N–H and O–H groups in total. The van der Waals surface area contributed by atoms with Crippen molar-refractivity contribution >= 4 is 28.8 Å². The first-order valence-electron chi connectivity index (χ1n) is 6.37. The minimum atomic E-state index is -0.522. The lowest BCUT2D eigenvalue weighted by molar-refractivity contribution is 0.0988. The summed E-state index contributed by atoms with van der Waals surface area (Å²) in [6.45, 7) is 0. The van der Waals surface area contributed by atoms with Gasteiger partial charge in [-0.05, 0) is 36.4 Å². The van der Waals surface area contributed by atoms with Crippen molar-refractivity contribution in [1.82, 2.24) is 9.97 Å². The first-order valence-corrected chi connectivity index (χ1v) is 6.37. The van der Waals surface area contributed by atoms with Crippen molar-refractivity contribution in [2.75, 3.05) is 5.73 Å². The van der Waals surface area contributed by atoms with E-state index in [9.17, 15) is 9.59 Å². The van der Waals surface area contributed by atoms with E-state index in [1.165, 1.54) is 24.3 Å². The molecule has 0 aliphatic heterocycles. The molecule has 1 heterocycles. The standard InChI is InChI=1S/C8H8N2O2.C7H7N3/c9-7(11)5-1-2-6(4-3-5)8(10)12;8-7-9-5-3-1-2-4-6(5)10-7/h1-4H,(H2,9,11)(H2,10,12);1-4H,(H3,8,9,10). The van der Waals surface area contributed by atoms with Gasteiger partial charge in [0.2, 0.25) is 11.8 Å². The highest BCUT2D eigenvalue weighted by molar-refractivity contribution is 5.96. The molecule has 0 aliphatic rings. The van der Waals surface area contributed by atoms with Crippen LogP contribution in [0.15, 0.2) is 48.5 Å². The predicted octanol–water partition coefficient (Wildman–Crippen LogP) is 1.03. The number of nitrogens with zero attached hydrogens (tertiary/aromatic N) is 1. The number of fused-ring (bicyclic) bond motifs is 1. The summed E-state index contributed by atoms with van der Waals surface area (Å²) in [5.41, 5.74) is 18.0. The maximum atomic E-state index is 10.6. The van der Waals surface area contributed by atoms with E-state index >= 15 is 0 Å². The lowest BCUT2D eigenvalue weighted by atomic mass is 10.1. The van der Waals surface area contributed by atoms with Crippen LogP contribution in [0.3, 0.4) is 0 Å². The summed E-state index contributed by atoms with van der Waals surface area (Å²) in [5, 5.41) is 0. The summed E-state index contributed by atoms with van der Waals surface area (Å²) in [4.78, 5) is 28.1. The van der Waals surface area contributed by atoms with Crippen molar-refractivity contribution in [3.63, 3.8) is 0 Å². The van der Waals surface area contributed by atoms with E-state index in [0.29, 0.717) is 17.1 Å². The van der Waals surface area contributed by atoms with Crippen molar-refractivity contribution < 1.29 is 9.59 Å². The van der Waals surface area contributed by atoms with Crippen LogP contribution in [0.2, 0.25) is 0 Å². The number of nitrogens with one attached hydrogen (secondary N) is 1. The van der Waals surface area contributed by atoms with Gasteiger partial charge in [0, 0.05) is 11.1 Å². The molecule has 2 aromatic carbocycles. The highest BCUT2D eigenvalue weighted by Gasteiger charge is 2.02. The number of carbonyl (C=O) groups is 2. The molecule has 0 bridgehead atoms. The van der Waals surface area contributed by atoms with Crippen molar-refractivity contribution in [3.05, 3.63) is 59.7 Å². The maximum Gasteiger partial charge on any atom is 0.248 e. The number of aromatic amines is 1. The fourth-order valence-corrected chi connectivity index (χ4v) is 1.77. The second-order valence-electron chi connectivity index (χ2n) is 4.45. The molecule has 0 spiro atoms. The van der Waals surface area contributed by atoms with Gasteiger partial charge in [0.05, 0.1) is 11.0 Å². The van der Waals surface area contributed by atoms with Gasteiger partial charge in [-0.3, -0.25) is 9.59 Å². The normalized spacial score (nSPS) is 9.82. The van der Waals surface area contributed by atoms with Crippen molar-refractivity contribution in [3.8, 4) is 0 Å². The van der Waals surface area contributed by atoms with Gasteiger partial charge in [0.25, 0.3) is 0 Å². The predicted molar refractivity (Wildman–Crippen MR) is 84.0 cm³/mol. The van der Waals surface area contributed by atoms with Gasteiger partial charge in [-0.25, -0.2) is 4.98 Å². The number of hydrogen-bond acceptors (Lipinski definition) is 4. The highest BCUT2D eigenvalue weighted by Crippen LogP contribution is 2.10. The summed E-state index contributed by atoms with van der Waals surface area (Å²) in [7, 11) is 0. The number of H-pyrrole nitrogens is 1. The number of amides is 2. The lowest BCUT2D eigenvalue weighted by Gasteiger charge is -1.96. The molecule has 112 valence electrons. The number of primary amides is 2.